The summed E-state index contributed by atoms with van der Waals surface area (Å²) in [6.07, 6.45) is 4.95. The summed E-state index contributed by atoms with van der Waals surface area (Å²) in [5.74, 6) is -0.302. The number of carbonyl (C=O) groups is 1. The highest BCUT2D eigenvalue weighted by atomic mass is 16.3. The number of aromatic nitrogens is 4. The lowest BCUT2D eigenvalue weighted by molar-refractivity contribution is -0.138. The minimum absolute atomic E-state index is 0.163. The lowest BCUT2D eigenvalue weighted by atomic mass is 10.0. The van der Waals surface area contributed by atoms with Crippen LogP contribution in [0.25, 0.3) is 33.4 Å². The molecule has 0 bridgehead atoms. The maximum atomic E-state index is 12.0. The Labute approximate surface area is 166 Å². The fourth-order valence-corrected chi connectivity index (χ4v) is 3.09. The van der Waals surface area contributed by atoms with Crippen LogP contribution in [0.3, 0.4) is 0 Å². The van der Waals surface area contributed by atoms with E-state index in [1.807, 2.05) is 18.2 Å². The number of aliphatic hydroxyl groups is 1. The van der Waals surface area contributed by atoms with Crippen molar-refractivity contribution in [3.63, 3.8) is 0 Å². The summed E-state index contributed by atoms with van der Waals surface area (Å²) in [5, 5.41) is 21.3. The quantitative estimate of drug-likeness (QED) is 0.494. The molecule has 0 saturated carbocycles. The highest BCUT2D eigenvalue weighted by Gasteiger charge is 2.21. The molecule has 0 saturated heterocycles. The molecule has 1 unspecified atom stereocenters. The predicted molar refractivity (Wildman–Crippen MR) is 108 cm³/mol. The van der Waals surface area contributed by atoms with E-state index in [9.17, 15) is 15.0 Å². The van der Waals surface area contributed by atoms with Gasteiger partial charge in [0.25, 0.3) is 5.91 Å². The molecule has 0 spiro atoms. The fraction of sp³-hybridized carbons (Fsp3) is 0.143. The molecule has 0 aliphatic heterocycles. The molecule has 0 aliphatic rings. The van der Waals surface area contributed by atoms with Crippen molar-refractivity contribution in [1.29, 1.82) is 0 Å². The third-order valence-corrected chi connectivity index (χ3v) is 4.63. The minimum atomic E-state index is -1.39. The molecule has 3 heterocycles. The first kappa shape index (κ1) is 18.6. The Balaban J connectivity index is 1.78. The average Bonchev–Trinajstić information content (AvgIpc) is 3.16. The number of amides is 1. The Morgan fingerprint density at radius 3 is 2.69 bits per heavy atom. The van der Waals surface area contributed by atoms with Gasteiger partial charge in [0.15, 0.2) is 6.10 Å². The van der Waals surface area contributed by atoms with Crippen LogP contribution in [-0.2, 0) is 4.79 Å². The van der Waals surface area contributed by atoms with E-state index in [0.717, 1.165) is 10.9 Å². The molecule has 3 aromatic heterocycles. The summed E-state index contributed by atoms with van der Waals surface area (Å²) in [5.41, 5.74) is 3.47. The van der Waals surface area contributed by atoms with E-state index in [0.29, 0.717) is 22.5 Å². The molecular weight excluding hydrogens is 370 g/mol. The van der Waals surface area contributed by atoms with Gasteiger partial charge in [0.1, 0.15) is 11.4 Å². The van der Waals surface area contributed by atoms with Crippen molar-refractivity contribution in [2.75, 3.05) is 14.1 Å². The Hall–Kier alpha value is -3.78. The smallest absolute Gasteiger partial charge is 0.257 e. The number of pyridine rings is 1. The van der Waals surface area contributed by atoms with Crippen molar-refractivity contribution in [2.24, 2.45) is 0 Å². The number of hydrogen-bond acceptors (Lipinski definition) is 6. The first-order valence-corrected chi connectivity index (χ1v) is 8.92. The van der Waals surface area contributed by atoms with E-state index in [4.69, 9.17) is 0 Å². The van der Waals surface area contributed by atoms with Crippen molar-refractivity contribution < 1.29 is 15.0 Å². The zero-order valence-electron chi connectivity index (χ0n) is 15.9. The second-order valence-electron chi connectivity index (χ2n) is 6.80. The lowest BCUT2D eigenvalue weighted by Crippen LogP contribution is -2.28. The first-order valence-electron chi connectivity index (χ1n) is 8.92. The Morgan fingerprint density at radius 2 is 1.93 bits per heavy atom. The molecule has 146 valence electrons. The number of rotatable bonds is 4. The third-order valence-electron chi connectivity index (χ3n) is 4.63. The van der Waals surface area contributed by atoms with Crippen LogP contribution < -0.4 is 0 Å². The summed E-state index contributed by atoms with van der Waals surface area (Å²) >= 11 is 0. The monoisotopic (exact) mass is 389 g/mol. The average molecular weight is 389 g/mol. The Morgan fingerprint density at radius 1 is 1.14 bits per heavy atom. The van der Waals surface area contributed by atoms with Crippen LogP contribution in [0.4, 0.5) is 0 Å². The lowest BCUT2D eigenvalue weighted by Gasteiger charge is -2.15. The van der Waals surface area contributed by atoms with E-state index in [1.54, 1.807) is 44.8 Å². The molecule has 4 rings (SSSR count). The van der Waals surface area contributed by atoms with Crippen molar-refractivity contribution in [3.05, 3.63) is 60.8 Å². The van der Waals surface area contributed by atoms with Crippen LogP contribution in [0.1, 0.15) is 11.8 Å². The second-order valence-corrected chi connectivity index (χ2v) is 6.80. The molecule has 4 aromatic rings. The van der Waals surface area contributed by atoms with Gasteiger partial charge in [0, 0.05) is 48.6 Å². The fourth-order valence-electron chi connectivity index (χ4n) is 3.09. The standard InChI is InChI=1S/C21H19N5O3/c1-26(2)21(29)19(28)17-11-22-10-16(25-17)12-7-14-15(9-24-20(14)23-8-12)13-5-3-4-6-18(13)27/h3-11,19,27-28H,1-2H3,(H,23,24). The highest BCUT2D eigenvalue weighted by molar-refractivity contribution is 5.97. The molecule has 1 atom stereocenters. The summed E-state index contributed by atoms with van der Waals surface area (Å²) < 4.78 is 0. The number of hydrogen-bond donors (Lipinski definition) is 3. The first-order chi connectivity index (χ1) is 14.0. The van der Waals surface area contributed by atoms with Gasteiger partial charge < -0.3 is 20.1 Å². The molecule has 0 radical (unpaired) electrons. The number of nitrogens with zero attached hydrogens (tertiary/aromatic N) is 4. The van der Waals surface area contributed by atoms with Crippen LogP contribution in [0.5, 0.6) is 5.75 Å². The van der Waals surface area contributed by atoms with Crippen LogP contribution in [0.2, 0.25) is 0 Å². The number of aliphatic hydroxyl groups excluding tert-OH is 1. The van der Waals surface area contributed by atoms with Crippen LogP contribution >= 0.6 is 0 Å². The number of aromatic hydroxyl groups is 1. The molecule has 0 fully saturated rings. The van der Waals surface area contributed by atoms with Crippen LogP contribution in [0.15, 0.2) is 55.1 Å². The number of phenols is 1. The van der Waals surface area contributed by atoms with Crippen molar-refractivity contribution in [1.82, 2.24) is 24.8 Å². The van der Waals surface area contributed by atoms with Gasteiger partial charge in [0.05, 0.1) is 23.8 Å². The number of para-hydroxylation sites is 1. The van der Waals surface area contributed by atoms with Crippen LogP contribution in [-0.4, -0.2) is 55.1 Å². The van der Waals surface area contributed by atoms with Crippen molar-refractivity contribution in [3.8, 4) is 28.1 Å². The third kappa shape index (κ3) is 3.41. The van der Waals surface area contributed by atoms with Gasteiger partial charge in [-0.1, -0.05) is 18.2 Å². The second kappa shape index (κ2) is 7.33. The van der Waals surface area contributed by atoms with E-state index in [2.05, 4.69) is 19.9 Å². The SMILES string of the molecule is CN(C)C(=O)C(O)c1cncc(-c2cnc3[nH]cc(-c4ccccc4O)c3c2)n1. The molecule has 1 amide bonds. The van der Waals surface area contributed by atoms with Gasteiger partial charge in [-0.2, -0.15) is 0 Å². The number of aromatic amines is 1. The summed E-state index contributed by atoms with van der Waals surface area (Å²) in [7, 11) is 3.13. The largest absolute Gasteiger partial charge is 0.507 e. The highest BCUT2D eigenvalue weighted by Crippen LogP contribution is 2.35. The van der Waals surface area contributed by atoms with Gasteiger partial charge in [-0.25, -0.2) is 9.97 Å². The normalized spacial score (nSPS) is 12.1. The molecule has 29 heavy (non-hydrogen) atoms. The zero-order chi connectivity index (χ0) is 20.5. The minimum Gasteiger partial charge on any atom is -0.507 e. The number of carbonyl (C=O) groups excluding carboxylic acids is 1. The number of fused-ring (bicyclic) bond motifs is 1. The van der Waals surface area contributed by atoms with Gasteiger partial charge in [0.2, 0.25) is 0 Å². The van der Waals surface area contributed by atoms with E-state index >= 15 is 0 Å². The number of phenolic OH excluding ortho intramolecular Hbond substituents is 1. The topological polar surface area (TPSA) is 115 Å². The Kier molecular flexibility index (Phi) is 4.69. The van der Waals surface area contributed by atoms with Gasteiger partial charge >= 0.3 is 0 Å². The summed E-state index contributed by atoms with van der Waals surface area (Å²) in [4.78, 5) is 29.4. The molecule has 8 heteroatoms. The molecule has 3 N–H and O–H groups in total. The van der Waals surface area contributed by atoms with E-state index < -0.39 is 12.0 Å². The number of nitrogens with one attached hydrogen (secondary N) is 1. The Bertz CT molecular complexity index is 1200. The zero-order valence-corrected chi connectivity index (χ0v) is 15.9. The molecule has 8 nitrogen and oxygen atoms in total. The van der Waals surface area contributed by atoms with E-state index in [1.165, 1.54) is 11.1 Å². The van der Waals surface area contributed by atoms with Gasteiger partial charge in [-0.15, -0.1) is 0 Å². The summed E-state index contributed by atoms with van der Waals surface area (Å²) in [6, 6.07) is 8.95. The molecule has 0 aliphatic carbocycles. The predicted octanol–water partition coefficient (Wildman–Crippen LogP) is 2.51. The maximum absolute atomic E-state index is 12.0. The van der Waals surface area contributed by atoms with Gasteiger partial charge in [-0.3, -0.25) is 9.78 Å². The maximum Gasteiger partial charge on any atom is 0.257 e. The van der Waals surface area contributed by atoms with Crippen molar-refractivity contribution >= 4 is 16.9 Å². The van der Waals surface area contributed by atoms with Crippen molar-refractivity contribution in [2.45, 2.75) is 6.10 Å². The molecule has 1 aromatic carbocycles. The molecular formula is C21H19N5O3. The number of likely N-dealkylation sites (N-methyl/N-ethyl adjacent to an activating group) is 1. The number of benzene rings is 1. The van der Waals surface area contributed by atoms with E-state index in [-0.39, 0.29) is 11.4 Å². The summed E-state index contributed by atoms with van der Waals surface area (Å²) in [6.45, 7) is 0. The van der Waals surface area contributed by atoms with Crippen LogP contribution in [0, 0.1) is 0 Å². The van der Waals surface area contributed by atoms with Gasteiger partial charge in [-0.05, 0) is 12.1 Å². The number of H-pyrrole nitrogens is 1.